The van der Waals surface area contributed by atoms with Crippen LogP contribution >= 0.6 is 0 Å². The van der Waals surface area contributed by atoms with E-state index < -0.39 is 0 Å². The molecule has 0 radical (unpaired) electrons. The van der Waals surface area contributed by atoms with Gasteiger partial charge in [0, 0.05) is 49.8 Å². The Kier molecular flexibility index (Phi) is 8.96. The van der Waals surface area contributed by atoms with Gasteiger partial charge < -0.3 is 14.4 Å². The molecule has 0 bridgehead atoms. The Morgan fingerprint density at radius 3 is 1.52 bits per heavy atom. The van der Waals surface area contributed by atoms with Gasteiger partial charge in [0.15, 0.2) is 0 Å². The topological polar surface area (TPSA) is 11.4 Å². The maximum absolute atomic E-state index is 2.53. The molecule has 0 fully saturated rings. The average molecular weight is 814 g/mol. The SMILES string of the molecule is CC=CC=C(C)N(c1cccc2c1-c1ccccc1C2(C)C)c1cccc2c3cccc(N(c4ccccc4)c4cccc5c4-c4ccccc4C5(C)C)c3n(-c3ccccc3)c12. The van der Waals surface area contributed by atoms with E-state index in [1.807, 2.05) is 0 Å². The van der Waals surface area contributed by atoms with Crippen LogP contribution in [0.25, 0.3) is 49.7 Å². The molecule has 2 aliphatic rings. The average Bonchev–Trinajstić information content (AvgIpc) is 3.88. The van der Waals surface area contributed by atoms with E-state index in [2.05, 4.69) is 256 Å². The third-order valence-electron chi connectivity index (χ3n) is 13.8. The number of rotatable bonds is 8. The Bertz CT molecular complexity index is 3310. The molecule has 306 valence electrons. The second kappa shape index (κ2) is 14.6. The summed E-state index contributed by atoms with van der Waals surface area (Å²) in [5, 5.41) is 2.39. The molecule has 0 saturated carbocycles. The van der Waals surface area contributed by atoms with Crippen LogP contribution in [0.1, 0.15) is 63.8 Å². The fraction of sp³-hybridized carbons (Fsp3) is 0.133. The van der Waals surface area contributed by atoms with Gasteiger partial charge in [-0.3, -0.25) is 0 Å². The zero-order valence-corrected chi connectivity index (χ0v) is 36.9. The lowest BCUT2D eigenvalue weighted by Gasteiger charge is -2.31. The molecule has 1 aromatic heterocycles. The minimum atomic E-state index is -0.140. The molecule has 0 atom stereocenters. The molecule has 3 nitrogen and oxygen atoms in total. The first kappa shape index (κ1) is 38.6. The van der Waals surface area contributed by atoms with Crippen LogP contribution in [0.4, 0.5) is 28.4 Å². The van der Waals surface area contributed by atoms with Crippen LogP contribution in [0.2, 0.25) is 0 Å². The summed E-state index contributed by atoms with van der Waals surface area (Å²) in [5.74, 6) is 0. The van der Waals surface area contributed by atoms with E-state index >= 15 is 0 Å². The lowest BCUT2D eigenvalue weighted by atomic mass is 9.82. The maximum Gasteiger partial charge on any atom is 0.0783 e. The van der Waals surface area contributed by atoms with E-state index in [0.717, 1.165) is 39.5 Å². The van der Waals surface area contributed by atoms with Crippen molar-refractivity contribution in [2.45, 2.75) is 52.4 Å². The van der Waals surface area contributed by atoms with E-state index in [0.29, 0.717) is 0 Å². The predicted octanol–water partition coefficient (Wildman–Crippen LogP) is 16.5. The van der Waals surface area contributed by atoms with Crippen molar-refractivity contribution in [3.63, 3.8) is 0 Å². The van der Waals surface area contributed by atoms with Crippen LogP contribution in [-0.2, 0) is 10.8 Å². The summed E-state index contributed by atoms with van der Waals surface area (Å²) >= 11 is 0. The van der Waals surface area contributed by atoms with Crippen molar-refractivity contribution in [1.82, 2.24) is 4.57 Å². The summed E-state index contributed by atoms with van der Waals surface area (Å²) in [6.45, 7) is 13.8. The highest BCUT2D eigenvalue weighted by Crippen LogP contribution is 2.57. The molecule has 0 spiro atoms. The molecule has 1 heterocycles. The van der Waals surface area contributed by atoms with Gasteiger partial charge in [0.1, 0.15) is 0 Å². The normalized spacial score (nSPS) is 14.5. The smallest absolute Gasteiger partial charge is 0.0783 e. The fourth-order valence-corrected chi connectivity index (χ4v) is 10.9. The number of aromatic nitrogens is 1. The highest BCUT2D eigenvalue weighted by molar-refractivity contribution is 6.18. The Morgan fingerprint density at radius 1 is 0.460 bits per heavy atom. The molecular weight excluding hydrogens is 763 g/mol. The number of nitrogens with zero attached hydrogens (tertiary/aromatic N) is 3. The van der Waals surface area contributed by atoms with Gasteiger partial charge in [0.05, 0.1) is 33.8 Å². The Morgan fingerprint density at radius 2 is 0.921 bits per heavy atom. The van der Waals surface area contributed by atoms with E-state index in [9.17, 15) is 0 Å². The van der Waals surface area contributed by atoms with Gasteiger partial charge in [-0.25, -0.2) is 0 Å². The molecule has 0 amide bonds. The number of anilines is 5. The van der Waals surface area contributed by atoms with Gasteiger partial charge >= 0.3 is 0 Å². The first-order chi connectivity index (χ1) is 30.7. The van der Waals surface area contributed by atoms with Gasteiger partial charge in [0.25, 0.3) is 0 Å². The van der Waals surface area contributed by atoms with Crippen molar-refractivity contribution in [3.05, 3.63) is 228 Å². The molecule has 9 aromatic rings. The van der Waals surface area contributed by atoms with Gasteiger partial charge in [-0.05, 0) is 102 Å². The second-order valence-electron chi connectivity index (χ2n) is 18.1. The number of hydrogen-bond acceptors (Lipinski definition) is 2. The van der Waals surface area contributed by atoms with Gasteiger partial charge in [-0.15, -0.1) is 0 Å². The van der Waals surface area contributed by atoms with Crippen molar-refractivity contribution >= 4 is 50.2 Å². The summed E-state index contributed by atoms with van der Waals surface area (Å²) in [6.07, 6.45) is 6.52. The van der Waals surface area contributed by atoms with Gasteiger partial charge in [-0.1, -0.05) is 173 Å². The van der Waals surface area contributed by atoms with E-state index in [1.165, 1.54) is 66.7 Å². The lowest BCUT2D eigenvalue weighted by molar-refractivity contribution is 0.660. The number of benzene rings is 8. The highest BCUT2D eigenvalue weighted by atomic mass is 15.2. The molecule has 0 saturated heterocycles. The Labute approximate surface area is 371 Å². The largest absolute Gasteiger partial charge is 0.312 e. The molecule has 0 aliphatic heterocycles. The minimum absolute atomic E-state index is 0.136. The molecule has 8 aromatic carbocycles. The fourth-order valence-electron chi connectivity index (χ4n) is 10.9. The summed E-state index contributed by atoms with van der Waals surface area (Å²) < 4.78 is 2.53. The number of allylic oxidation sites excluding steroid dienone is 4. The standard InChI is InChI=1S/C60H51N3/c1-7-8-23-40(2)61(51-36-21-34-49-55(51)45-28-15-17-32-47(45)59(49,3)4)53-38-19-30-43-44-31-20-39-54(58(44)63(57(43)53)42-26-13-10-14-27-42)62(41-24-11-9-12-25-41)52-37-22-35-50-56(52)46-29-16-18-33-48(46)60(50,5)6/h7-39H,1-6H3. The highest BCUT2D eigenvalue weighted by Gasteiger charge is 2.40. The van der Waals surface area contributed by atoms with Crippen LogP contribution in [0, 0.1) is 0 Å². The number of fused-ring (bicyclic) bond motifs is 9. The van der Waals surface area contributed by atoms with Gasteiger partial charge in [-0.2, -0.15) is 0 Å². The molecule has 11 rings (SSSR count). The van der Waals surface area contributed by atoms with Crippen molar-refractivity contribution in [2.75, 3.05) is 9.80 Å². The second-order valence-corrected chi connectivity index (χ2v) is 18.1. The monoisotopic (exact) mass is 813 g/mol. The molecule has 3 heteroatoms. The van der Waals surface area contributed by atoms with E-state index in [4.69, 9.17) is 0 Å². The number of para-hydroxylation sites is 4. The van der Waals surface area contributed by atoms with Crippen LogP contribution in [0.3, 0.4) is 0 Å². The van der Waals surface area contributed by atoms with Crippen LogP contribution in [-0.4, -0.2) is 4.57 Å². The zero-order valence-electron chi connectivity index (χ0n) is 36.9. The maximum atomic E-state index is 2.53. The van der Waals surface area contributed by atoms with Crippen molar-refractivity contribution in [3.8, 4) is 27.9 Å². The first-order valence-corrected chi connectivity index (χ1v) is 22.2. The molecule has 0 unspecified atom stereocenters. The van der Waals surface area contributed by atoms with Crippen LogP contribution < -0.4 is 9.80 Å². The van der Waals surface area contributed by atoms with Gasteiger partial charge in [0.2, 0.25) is 0 Å². The summed E-state index contributed by atoms with van der Waals surface area (Å²) in [6, 6.07) is 67.4. The molecule has 63 heavy (non-hydrogen) atoms. The Balaban J connectivity index is 1.26. The lowest BCUT2D eigenvalue weighted by Crippen LogP contribution is -2.18. The predicted molar refractivity (Wildman–Crippen MR) is 268 cm³/mol. The molecule has 0 N–H and O–H groups in total. The summed E-state index contributed by atoms with van der Waals surface area (Å²) in [5.41, 5.74) is 20.6. The van der Waals surface area contributed by atoms with Crippen molar-refractivity contribution in [2.24, 2.45) is 0 Å². The van der Waals surface area contributed by atoms with Crippen LogP contribution in [0.15, 0.2) is 206 Å². The Hall–Kier alpha value is -7.36. The van der Waals surface area contributed by atoms with E-state index in [1.54, 1.807) is 0 Å². The van der Waals surface area contributed by atoms with Crippen molar-refractivity contribution in [1.29, 1.82) is 0 Å². The third kappa shape index (κ3) is 5.72. The number of hydrogen-bond donors (Lipinski definition) is 0. The molecule has 2 aliphatic carbocycles. The van der Waals surface area contributed by atoms with Crippen molar-refractivity contribution < 1.29 is 0 Å². The minimum Gasteiger partial charge on any atom is -0.312 e. The zero-order chi connectivity index (χ0) is 43.0. The summed E-state index contributed by atoms with van der Waals surface area (Å²) in [7, 11) is 0. The third-order valence-corrected chi connectivity index (χ3v) is 13.8. The summed E-state index contributed by atoms with van der Waals surface area (Å²) in [4.78, 5) is 5.02. The molecular formula is C60H51N3. The van der Waals surface area contributed by atoms with Crippen LogP contribution in [0.5, 0.6) is 0 Å². The van der Waals surface area contributed by atoms with E-state index in [-0.39, 0.29) is 10.8 Å². The first-order valence-electron chi connectivity index (χ1n) is 22.2. The quantitative estimate of drug-likeness (QED) is 0.142.